The summed E-state index contributed by atoms with van der Waals surface area (Å²) >= 11 is 2.15. The van der Waals surface area contributed by atoms with Gasteiger partial charge in [0.15, 0.2) is 0 Å². The van der Waals surface area contributed by atoms with E-state index in [-0.39, 0.29) is 5.97 Å². The minimum atomic E-state index is -0.317. The molecular formula is C16H13IO2. The molecule has 0 aromatic heterocycles. The predicted molar refractivity (Wildman–Crippen MR) is 86.3 cm³/mol. The van der Waals surface area contributed by atoms with Crippen LogP contribution in [0.4, 0.5) is 0 Å². The minimum Gasteiger partial charge on any atom is -0.465 e. The number of hydrogen-bond donors (Lipinski definition) is 0. The van der Waals surface area contributed by atoms with Gasteiger partial charge in [0, 0.05) is 0 Å². The van der Waals surface area contributed by atoms with Crippen LogP contribution in [-0.4, -0.2) is 13.1 Å². The van der Waals surface area contributed by atoms with Crippen LogP contribution in [0.5, 0.6) is 0 Å². The summed E-state index contributed by atoms with van der Waals surface area (Å²) in [5.41, 5.74) is 3.46. The van der Waals surface area contributed by atoms with Crippen LogP contribution in [-0.2, 0) is 4.74 Å². The normalized spacial score (nSPS) is 10.6. The van der Waals surface area contributed by atoms with Gasteiger partial charge in [-0.2, -0.15) is 0 Å². The number of benzene rings is 2. The molecular weight excluding hydrogens is 351 g/mol. The first-order valence-corrected chi connectivity index (χ1v) is 7.05. The van der Waals surface area contributed by atoms with Crippen LogP contribution >= 0.6 is 22.6 Å². The fraction of sp³-hybridized carbons (Fsp3) is 0.0625. The van der Waals surface area contributed by atoms with Gasteiger partial charge in [-0.1, -0.05) is 65.1 Å². The van der Waals surface area contributed by atoms with Crippen LogP contribution in [0, 0.1) is 0 Å². The summed E-state index contributed by atoms with van der Waals surface area (Å²) in [6.07, 6.45) is 1.95. The SMILES string of the molecule is COC(=O)c1cc(/C=C/I)ccc1-c1ccccc1. The molecule has 0 aliphatic rings. The van der Waals surface area contributed by atoms with Crippen molar-refractivity contribution in [3.05, 3.63) is 63.7 Å². The average molecular weight is 364 g/mol. The lowest BCUT2D eigenvalue weighted by Crippen LogP contribution is -2.04. The van der Waals surface area contributed by atoms with Gasteiger partial charge in [0.05, 0.1) is 12.7 Å². The van der Waals surface area contributed by atoms with Crippen LogP contribution in [0.15, 0.2) is 52.6 Å². The van der Waals surface area contributed by atoms with Gasteiger partial charge in [0.25, 0.3) is 0 Å². The average Bonchev–Trinajstić information content (AvgIpc) is 2.47. The lowest BCUT2D eigenvalue weighted by atomic mass is 9.97. The molecule has 0 saturated heterocycles. The molecule has 19 heavy (non-hydrogen) atoms. The van der Waals surface area contributed by atoms with Crippen LogP contribution in [0.2, 0.25) is 0 Å². The molecule has 2 nitrogen and oxygen atoms in total. The summed E-state index contributed by atoms with van der Waals surface area (Å²) in [7, 11) is 1.40. The van der Waals surface area contributed by atoms with Gasteiger partial charge >= 0.3 is 5.97 Å². The molecule has 0 unspecified atom stereocenters. The molecule has 2 aromatic rings. The second-order valence-corrected chi connectivity index (χ2v) is 4.67. The van der Waals surface area contributed by atoms with Crippen molar-refractivity contribution in [2.24, 2.45) is 0 Å². The Bertz CT molecular complexity index is 603. The summed E-state index contributed by atoms with van der Waals surface area (Å²) < 4.78 is 6.78. The van der Waals surface area contributed by atoms with Crippen molar-refractivity contribution < 1.29 is 9.53 Å². The Morgan fingerprint density at radius 1 is 1.16 bits per heavy atom. The molecule has 0 heterocycles. The maximum atomic E-state index is 11.9. The van der Waals surface area contributed by atoms with Crippen LogP contribution in [0.3, 0.4) is 0 Å². The molecule has 0 bridgehead atoms. The van der Waals surface area contributed by atoms with Gasteiger partial charge < -0.3 is 4.74 Å². The molecule has 0 spiro atoms. The molecule has 2 aromatic carbocycles. The van der Waals surface area contributed by atoms with E-state index in [2.05, 4.69) is 22.6 Å². The van der Waals surface area contributed by atoms with Crippen molar-refractivity contribution in [2.75, 3.05) is 7.11 Å². The molecule has 0 aliphatic heterocycles. The monoisotopic (exact) mass is 364 g/mol. The Hall–Kier alpha value is -1.62. The molecule has 0 radical (unpaired) electrons. The van der Waals surface area contributed by atoms with E-state index >= 15 is 0 Å². The van der Waals surface area contributed by atoms with Gasteiger partial charge in [0.1, 0.15) is 0 Å². The van der Waals surface area contributed by atoms with Gasteiger partial charge in [-0.15, -0.1) is 0 Å². The van der Waals surface area contributed by atoms with E-state index in [1.165, 1.54) is 7.11 Å². The molecule has 3 heteroatoms. The number of halogens is 1. The highest BCUT2D eigenvalue weighted by Crippen LogP contribution is 2.26. The Morgan fingerprint density at radius 3 is 2.53 bits per heavy atom. The third-order valence-corrected chi connectivity index (χ3v) is 3.15. The summed E-state index contributed by atoms with van der Waals surface area (Å²) in [6, 6.07) is 15.6. The van der Waals surface area contributed by atoms with Crippen LogP contribution in [0.25, 0.3) is 17.2 Å². The van der Waals surface area contributed by atoms with Crippen molar-refractivity contribution in [1.29, 1.82) is 0 Å². The van der Waals surface area contributed by atoms with Gasteiger partial charge in [-0.05, 0) is 32.9 Å². The number of methoxy groups -OCH3 is 1. The summed E-state index contributed by atoms with van der Waals surface area (Å²) in [4.78, 5) is 11.9. The Balaban J connectivity index is 2.57. The van der Waals surface area contributed by atoms with Crippen molar-refractivity contribution in [3.63, 3.8) is 0 Å². The lowest BCUT2D eigenvalue weighted by Gasteiger charge is -2.09. The fourth-order valence-electron chi connectivity index (χ4n) is 1.89. The van der Waals surface area contributed by atoms with Crippen molar-refractivity contribution in [1.82, 2.24) is 0 Å². The number of carbonyl (C=O) groups is 1. The lowest BCUT2D eigenvalue weighted by molar-refractivity contribution is 0.0601. The van der Waals surface area contributed by atoms with E-state index in [4.69, 9.17) is 4.74 Å². The molecule has 0 amide bonds. The zero-order valence-electron chi connectivity index (χ0n) is 10.5. The van der Waals surface area contributed by atoms with Crippen LogP contribution < -0.4 is 0 Å². The van der Waals surface area contributed by atoms with E-state index in [1.54, 1.807) is 0 Å². The van der Waals surface area contributed by atoms with E-state index in [0.717, 1.165) is 16.7 Å². The van der Waals surface area contributed by atoms with Crippen molar-refractivity contribution >= 4 is 34.6 Å². The highest BCUT2D eigenvalue weighted by Gasteiger charge is 2.13. The third kappa shape index (κ3) is 3.23. The molecule has 2 rings (SSSR count). The summed E-state index contributed by atoms with van der Waals surface area (Å²) in [6.45, 7) is 0. The largest absolute Gasteiger partial charge is 0.465 e. The Labute approximate surface area is 126 Å². The van der Waals surface area contributed by atoms with Gasteiger partial charge in [-0.3, -0.25) is 0 Å². The number of esters is 1. The van der Waals surface area contributed by atoms with E-state index in [1.807, 2.05) is 58.7 Å². The second kappa shape index (κ2) is 6.52. The minimum absolute atomic E-state index is 0.317. The second-order valence-electron chi connectivity index (χ2n) is 3.96. The summed E-state index contributed by atoms with van der Waals surface area (Å²) in [5, 5.41) is 0. The third-order valence-electron chi connectivity index (χ3n) is 2.79. The molecule has 0 fully saturated rings. The van der Waals surface area contributed by atoms with E-state index < -0.39 is 0 Å². The van der Waals surface area contributed by atoms with Crippen molar-refractivity contribution in [2.45, 2.75) is 0 Å². The Morgan fingerprint density at radius 2 is 1.89 bits per heavy atom. The first-order chi connectivity index (χ1) is 9.26. The van der Waals surface area contributed by atoms with Gasteiger partial charge in [0.2, 0.25) is 0 Å². The van der Waals surface area contributed by atoms with Crippen LogP contribution in [0.1, 0.15) is 15.9 Å². The predicted octanol–water partition coefficient (Wildman–Crippen LogP) is 4.55. The number of rotatable bonds is 3. The zero-order chi connectivity index (χ0) is 13.7. The van der Waals surface area contributed by atoms with Gasteiger partial charge in [-0.25, -0.2) is 4.79 Å². The maximum absolute atomic E-state index is 11.9. The highest BCUT2D eigenvalue weighted by molar-refractivity contribution is 14.1. The Kier molecular flexibility index (Phi) is 4.74. The highest BCUT2D eigenvalue weighted by atomic mass is 127. The standard InChI is InChI=1S/C16H13IO2/c1-19-16(18)15-11-12(9-10-17)7-8-14(15)13-5-3-2-4-6-13/h2-11H,1H3/b10-9+. The van der Waals surface area contributed by atoms with E-state index in [9.17, 15) is 4.79 Å². The first kappa shape index (κ1) is 13.8. The molecule has 0 saturated carbocycles. The fourth-order valence-corrected chi connectivity index (χ4v) is 2.30. The zero-order valence-corrected chi connectivity index (χ0v) is 12.6. The molecule has 0 aliphatic carbocycles. The quantitative estimate of drug-likeness (QED) is 0.590. The number of ether oxygens (including phenoxy) is 1. The maximum Gasteiger partial charge on any atom is 0.338 e. The molecule has 0 N–H and O–H groups in total. The number of carbonyl (C=O) groups excluding carboxylic acids is 1. The summed E-state index contributed by atoms with van der Waals surface area (Å²) in [5.74, 6) is -0.317. The topological polar surface area (TPSA) is 26.3 Å². The first-order valence-electron chi connectivity index (χ1n) is 5.81. The van der Waals surface area contributed by atoms with E-state index in [0.29, 0.717) is 5.56 Å². The molecule has 96 valence electrons. The molecule has 0 atom stereocenters. The smallest absolute Gasteiger partial charge is 0.338 e. The van der Waals surface area contributed by atoms with Crippen molar-refractivity contribution in [3.8, 4) is 11.1 Å². The number of hydrogen-bond acceptors (Lipinski definition) is 2.